The van der Waals surface area contributed by atoms with E-state index in [-0.39, 0.29) is 0 Å². The molecule has 2 rings (SSSR count). The maximum absolute atomic E-state index is 5.51. The summed E-state index contributed by atoms with van der Waals surface area (Å²) in [4.78, 5) is 10.6. The summed E-state index contributed by atoms with van der Waals surface area (Å²) in [7, 11) is 0. The van der Waals surface area contributed by atoms with Crippen LogP contribution in [0, 0.1) is 0 Å². The molecule has 0 bridgehead atoms. The molecule has 0 unspecified atom stereocenters. The summed E-state index contributed by atoms with van der Waals surface area (Å²) in [5.74, 6) is 1.05. The van der Waals surface area contributed by atoms with E-state index in [0.29, 0.717) is 24.1 Å². The summed E-state index contributed by atoms with van der Waals surface area (Å²) in [5.41, 5.74) is 6.21. The van der Waals surface area contributed by atoms with E-state index < -0.39 is 0 Å². The van der Waals surface area contributed by atoms with Gasteiger partial charge >= 0.3 is 0 Å². The highest BCUT2D eigenvalue weighted by Crippen LogP contribution is 2.22. The molecule has 17 heavy (non-hydrogen) atoms. The molecule has 0 spiro atoms. The van der Waals surface area contributed by atoms with Crippen LogP contribution in [0.25, 0.3) is 11.6 Å². The van der Waals surface area contributed by atoms with Gasteiger partial charge in [0, 0.05) is 25.0 Å². The van der Waals surface area contributed by atoms with Crippen LogP contribution in [0.1, 0.15) is 18.9 Å². The van der Waals surface area contributed by atoms with E-state index >= 15 is 0 Å². The number of rotatable bonds is 5. The second-order valence-electron chi connectivity index (χ2n) is 3.40. The van der Waals surface area contributed by atoms with Crippen molar-refractivity contribution in [3.63, 3.8) is 0 Å². The van der Waals surface area contributed by atoms with E-state index in [9.17, 15) is 0 Å². The minimum Gasteiger partial charge on any atom is -0.339 e. The fraction of sp³-hybridized carbons (Fsp3) is 0.500. The summed E-state index contributed by atoms with van der Waals surface area (Å²) in [6.45, 7) is 6.23. The number of thiazole rings is 1. The van der Waals surface area contributed by atoms with Crippen LogP contribution in [0.5, 0.6) is 0 Å². The van der Waals surface area contributed by atoms with Gasteiger partial charge in [0.15, 0.2) is 0 Å². The van der Waals surface area contributed by atoms with Gasteiger partial charge in [-0.05, 0) is 19.0 Å². The van der Waals surface area contributed by atoms with Crippen molar-refractivity contribution in [1.82, 2.24) is 15.1 Å². The molecule has 7 heteroatoms. The molecular weight excluding hydrogens is 238 g/mol. The van der Waals surface area contributed by atoms with Crippen LogP contribution >= 0.6 is 11.3 Å². The van der Waals surface area contributed by atoms with Gasteiger partial charge in [-0.3, -0.25) is 0 Å². The lowest BCUT2D eigenvalue weighted by Crippen LogP contribution is -2.22. The van der Waals surface area contributed by atoms with Gasteiger partial charge in [-0.15, -0.1) is 11.3 Å². The molecule has 0 aromatic carbocycles. The molecular formula is C10H15N5OS. The van der Waals surface area contributed by atoms with E-state index in [2.05, 4.69) is 29.0 Å². The van der Waals surface area contributed by atoms with E-state index in [1.54, 1.807) is 0 Å². The van der Waals surface area contributed by atoms with E-state index in [0.717, 1.165) is 18.1 Å². The van der Waals surface area contributed by atoms with Crippen LogP contribution in [0.4, 0.5) is 5.95 Å². The van der Waals surface area contributed by atoms with Crippen LogP contribution in [0.3, 0.4) is 0 Å². The standard InChI is InChI=1S/C10H15N5OS/c1-3-15(4-2)10-13-9(16-14-10)7-6-17-8(5-11)12-7/h6H,3-5,11H2,1-2H3. The minimum atomic E-state index is 0.432. The van der Waals surface area contributed by atoms with Crippen LogP contribution in [-0.2, 0) is 6.54 Å². The van der Waals surface area contributed by atoms with Gasteiger partial charge in [-0.25, -0.2) is 4.98 Å². The maximum atomic E-state index is 5.51. The average molecular weight is 253 g/mol. The molecule has 2 heterocycles. The predicted molar refractivity (Wildman–Crippen MR) is 66.9 cm³/mol. The van der Waals surface area contributed by atoms with E-state index in [1.807, 2.05) is 10.3 Å². The van der Waals surface area contributed by atoms with Crippen molar-refractivity contribution in [2.75, 3.05) is 18.0 Å². The zero-order chi connectivity index (χ0) is 12.3. The van der Waals surface area contributed by atoms with Gasteiger partial charge in [0.1, 0.15) is 10.7 Å². The Kier molecular flexibility index (Phi) is 3.70. The molecule has 0 aliphatic carbocycles. The Morgan fingerprint density at radius 2 is 2.12 bits per heavy atom. The molecule has 0 atom stereocenters. The van der Waals surface area contributed by atoms with Gasteiger partial charge in [0.2, 0.25) is 0 Å². The summed E-state index contributed by atoms with van der Waals surface area (Å²) in [6.07, 6.45) is 0. The first-order valence-corrected chi connectivity index (χ1v) is 6.39. The third-order valence-corrected chi connectivity index (χ3v) is 3.28. The molecule has 2 aromatic rings. The first-order valence-electron chi connectivity index (χ1n) is 5.52. The molecule has 0 fully saturated rings. The number of anilines is 1. The molecule has 6 nitrogen and oxygen atoms in total. The molecule has 2 N–H and O–H groups in total. The zero-order valence-corrected chi connectivity index (χ0v) is 10.7. The smallest absolute Gasteiger partial charge is 0.278 e. The van der Waals surface area contributed by atoms with Crippen molar-refractivity contribution in [3.05, 3.63) is 10.4 Å². The molecule has 92 valence electrons. The Hall–Kier alpha value is -1.47. The number of nitrogens with zero attached hydrogens (tertiary/aromatic N) is 4. The van der Waals surface area contributed by atoms with Crippen molar-refractivity contribution in [2.24, 2.45) is 5.73 Å². The lowest BCUT2D eigenvalue weighted by Gasteiger charge is -2.14. The molecule has 0 aliphatic heterocycles. The topological polar surface area (TPSA) is 81.1 Å². The fourth-order valence-electron chi connectivity index (χ4n) is 1.46. The van der Waals surface area contributed by atoms with Crippen molar-refractivity contribution in [1.29, 1.82) is 0 Å². The fourth-order valence-corrected chi connectivity index (χ4v) is 2.11. The monoisotopic (exact) mass is 253 g/mol. The second-order valence-corrected chi connectivity index (χ2v) is 4.35. The molecule has 0 radical (unpaired) electrons. The van der Waals surface area contributed by atoms with Crippen molar-refractivity contribution >= 4 is 17.3 Å². The highest BCUT2D eigenvalue weighted by Gasteiger charge is 2.14. The number of nitrogens with two attached hydrogens (primary N) is 1. The third-order valence-electron chi connectivity index (χ3n) is 2.41. The highest BCUT2D eigenvalue weighted by molar-refractivity contribution is 7.09. The van der Waals surface area contributed by atoms with Gasteiger partial charge in [0.05, 0.1) is 0 Å². The number of hydrogen-bond donors (Lipinski definition) is 1. The second kappa shape index (κ2) is 5.24. The highest BCUT2D eigenvalue weighted by atomic mass is 32.1. The first kappa shape index (κ1) is 12.0. The molecule has 2 aromatic heterocycles. The minimum absolute atomic E-state index is 0.432. The van der Waals surface area contributed by atoms with Gasteiger partial charge in [0.25, 0.3) is 11.8 Å². The summed E-state index contributed by atoms with van der Waals surface area (Å²) < 4.78 is 5.19. The molecule has 0 aliphatic rings. The Morgan fingerprint density at radius 3 is 2.71 bits per heavy atom. The van der Waals surface area contributed by atoms with Gasteiger partial charge < -0.3 is 15.2 Å². The van der Waals surface area contributed by atoms with Crippen LogP contribution < -0.4 is 10.6 Å². The van der Waals surface area contributed by atoms with Crippen molar-refractivity contribution in [2.45, 2.75) is 20.4 Å². The third kappa shape index (κ3) is 2.45. The van der Waals surface area contributed by atoms with Crippen molar-refractivity contribution in [3.8, 4) is 11.6 Å². The molecule has 0 amide bonds. The largest absolute Gasteiger partial charge is 0.339 e. The van der Waals surface area contributed by atoms with Crippen LogP contribution in [0.15, 0.2) is 9.90 Å². The van der Waals surface area contributed by atoms with E-state index in [4.69, 9.17) is 10.3 Å². The van der Waals surface area contributed by atoms with Gasteiger partial charge in [-0.2, -0.15) is 4.98 Å². The molecule has 0 saturated heterocycles. The summed E-state index contributed by atoms with van der Waals surface area (Å²) >= 11 is 1.50. The summed E-state index contributed by atoms with van der Waals surface area (Å²) in [6, 6.07) is 0. The van der Waals surface area contributed by atoms with E-state index in [1.165, 1.54) is 11.3 Å². The first-order chi connectivity index (χ1) is 8.28. The summed E-state index contributed by atoms with van der Waals surface area (Å²) in [5, 5.41) is 6.68. The zero-order valence-electron chi connectivity index (χ0n) is 9.88. The lowest BCUT2D eigenvalue weighted by molar-refractivity contribution is 0.428. The lowest BCUT2D eigenvalue weighted by atomic mass is 10.5. The normalized spacial score (nSPS) is 10.8. The number of aromatic nitrogens is 3. The van der Waals surface area contributed by atoms with Crippen molar-refractivity contribution < 1.29 is 4.52 Å². The van der Waals surface area contributed by atoms with Crippen LogP contribution in [0.2, 0.25) is 0 Å². The predicted octanol–water partition coefficient (Wildman–Crippen LogP) is 1.50. The van der Waals surface area contributed by atoms with Gasteiger partial charge in [-0.1, -0.05) is 0 Å². The Morgan fingerprint density at radius 1 is 1.35 bits per heavy atom. The average Bonchev–Trinajstić information content (AvgIpc) is 2.98. The Labute approximate surface area is 103 Å². The SMILES string of the molecule is CCN(CC)c1noc(-c2csc(CN)n2)n1. The Bertz CT molecular complexity index is 477. The maximum Gasteiger partial charge on any atom is 0.278 e. The molecule has 0 saturated carbocycles. The number of hydrogen-bond acceptors (Lipinski definition) is 7. The quantitative estimate of drug-likeness (QED) is 0.869. The Balaban J connectivity index is 2.22. The van der Waals surface area contributed by atoms with Crippen LogP contribution in [-0.4, -0.2) is 28.2 Å².